The molecule has 3 heterocycles. The quantitative estimate of drug-likeness (QED) is 0.386. The first-order chi connectivity index (χ1) is 17.4. The zero-order valence-corrected chi connectivity index (χ0v) is 19.6. The molecule has 1 fully saturated rings. The second-order valence-corrected chi connectivity index (χ2v) is 8.42. The second kappa shape index (κ2) is 11.5. The van der Waals surface area contributed by atoms with Crippen molar-refractivity contribution in [3.05, 3.63) is 64.5 Å². The molecule has 0 unspecified atom stereocenters. The number of aliphatic hydroxyl groups is 1. The van der Waals surface area contributed by atoms with E-state index >= 15 is 0 Å². The number of aliphatic carboxylic acids is 1. The van der Waals surface area contributed by atoms with Gasteiger partial charge in [0.15, 0.2) is 0 Å². The molecule has 4 N–H and O–H groups in total. The van der Waals surface area contributed by atoms with E-state index in [2.05, 4.69) is 15.6 Å². The van der Waals surface area contributed by atoms with E-state index < -0.39 is 23.8 Å². The lowest BCUT2D eigenvalue weighted by atomic mass is 9.98. The Morgan fingerprint density at radius 1 is 1.24 bits per heavy atom. The highest BCUT2D eigenvalue weighted by molar-refractivity contribution is 5.91. The van der Waals surface area contributed by atoms with Gasteiger partial charge in [0.1, 0.15) is 17.2 Å². The number of nitrogens with zero attached hydrogens (tertiary/aromatic N) is 2. The molecule has 1 aliphatic heterocycles. The van der Waals surface area contributed by atoms with Crippen LogP contribution in [0.3, 0.4) is 0 Å². The van der Waals surface area contributed by atoms with Gasteiger partial charge in [0.25, 0.3) is 5.56 Å². The average Bonchev–Trinajstić information content (AvgIpc) is 2.82. The largest absolute Gasteiger partial charge is 0.490 e. The highest BCUT2D eigenvalue weighted by atomic mass is 19.4. The van der Waals surface area contributed by atoms with Gasteiger partial charge >= 0.3 is 12.1 Å². The molecule has 3 aromatic rings. The Balaban J connectivity index is 0.000000479. The Hall–Kier alpha value is -3.84. The monoisotopic (exact) mass is 524 g/mol. The number of nitrogens with one attached hydrogen (secondary N) is 2. The minimum absolute atomic E-state index is 0.0543. The van der Waals surface area contributed by atoms with Gasteiger partial charge in [0.05, 0.1) is 12.3 Å². The molecule has 9 nitrogen and oxygen atoms in total. The lowest BCUT2D eigenvalue weighted by Crippen LogP contribution is -2.46. The maximum Gasteiger partial charge on any atom is 0.490 e. The van der Waals surface area contributed by atoms with Crippen molar-refractivity contribution in [3.63, 3.8) is 0 Å². The van der Waals surface area contributed by atoms with Crippen LogP contribution in [0.5, 0.6) is 0 Å². The van der Waals surface area contributed by atoms with Crippen LogP contribution in [-0.4, -0.2) is 56.3 Å². The summed E-state index contributed by atoms with van der Waals surface area (Å²) in [5, 5.41) is 22.9. The number of rotatable bonds is 4. The molecule has 13 heteroatoms. The van der Waals surface area contributed by atoms with Gasteiger partial charge < -0.3 is 20.8 Å². The first-order valence-electron chi connectivity index (χ1n) is 11.2. The number of hydrogen-bond donors (Lipinski definition) is 4. The predicted molar refractivity (Wildman–Crippen MR) is 126 cm³/mol. The minimum atomic E-state index is -5.08. The zero-order valence-electron chi connectivity index (χ0n) is 19.6. The van der Waals surface area contributed by atoms with Crippen LogP contribution in [0.25, 0.3) is 16.8 Å². The van der Waals surface area contributed by atoms with E-state index in [1.807, 2.05) is 13.0 Å². The van der Waals surface area contributed by atoms with Crippen LogP contribution in [-0.2, 0) is 9.59 Å². The summed E-state index contributed by atoms with van der Waals surface area (Å²) in [6.07, 6.45) is -1.16. The normalized spacial score (nSPS) is 17.6. The number of carboxylic acids is 1. The number of aromatic nitrogens is 2. The maximum absolute atomic E-state index is 13.6. The van der Waals surface area contributed by atoms with Gasteiger partial charge in [-0.05, 0) is 61.2 Å². The molecule has 0 radical (unpaired) electrons. The number of piperidine rings is 1. The van der Waals surface area contributed by atoms with Gasteiger partial charge in [0.2, 0.25) is 5.91 Å². The van der Waals surface area contributed by atoms with Crippen LogP contribution >= 0.6 is 0 Å². The van der Waals surface area contributed by atoms with Gasteiger partial charge in [-0.3, -0.25) is 14.0 Å². The van der Waals surface area contributed by atoms with Gasteiger partial charge in [-0.1, -0.05) is 12.1 Å². The lowest BCUT2D eigenvalue weighted by molar-refractivity contribution is -0.192. The van der Waals surface area contributed by atoms with Crippen LogP contribution in [0, 0.1) is 12.7 Å². The molecule has 0 spiro atoms. The van der Waals surface area contributed by atoms with Crippen molar-refractivity contribution >= 4 is 23.2 Å². The molecule has 1 saturated heterocycles. The van der Waals surface area contributed by atoms with Crippen molar-refractivity contribution in [3.8, 4) is 11.1 Å². The number of benzene rings is 1. The number of alkyl halides is 3. The first kappa shape index (κ1) is 27.7. The lowest BCUT2D eigenvalue weighted by Gasteiger charge is -2.28. The maximum atomic E-state index is 13.6. The number of carboxylic acid groups (broad SMARTS) is 1. The van der Waals surface area contributed by atoms with Crippen molar-refractivity contribution in [1.29, 1.82) is 0 Å². The predicted octanol–water partition coefficient (Wildman–Crippen LogP) is 2.88. The Kier molecular flexibility index (Phi) is 8.61. The summed E-state index contributed by atoms with van der Waals surface area (Å²) in [6.45, 7) is 2.57. The van der Waals surface area contributed by atoms with Crippen molar-refractivity contribution in [2.24, 2.45) is 0 Å². The molecule has 0 aliphatic carbocycles. The minimum Gasteiger partial charge on any atom is -0.475 e. The Morgan fingerprint density at radius 3 is 2.57 bits per heavy atom. The summed E-state index contributed by atoms with van der Waals surface area (Å²) in [4.78, 5) is 38.6. The fraction of sp³-hybridized carbons (Fsp3) is 0.333. The summed E-state index contributed by atoms with van der Waals surface area (Å²) >= 11 is 0. The van der Waals surface area contributed by atoms with Crippen LogP contribution in [0.2, 0.25) is 0 Å². The van der Waals surface area contributed by atoms with E-state index in [4.69, 9.17) is 9.90 Å². The van der Waals surface area contributed by atoms with E-state index in [1.165, 1.54) is 22.7 Å². The Labute approximate surface area is 207 Å². The number of carbonyl (C=O) groups excluding carboxylic acids is 1. The van der Waals surface area contributed by atoms with E-state index in [0.29, 0.717) is 23.2 Å². The average molecular weight is 524 g/mol. The number of pyridine rings is 1. The summed E-state index contributed by atoms with van der Waals surface area (Å²) in [6, 6.07) is 7.62. The SMILES string of the molecule is Cc1cc(-c2cccc(F)c2)cn2c(=O)c(NC(=O)C[C@H]3NCCC[C@@H]3O)cnc12.O=C(O)C(F)(F)F. The number of fused-ring (bicyclic) bond motifs is 1. The first-order valence-corrected chi connectivity index (χ1v) is 11.2. The van der Waals surface area contributed by atoms with E-state index in [0.717, 1.165) is 18.5 Å². The molecule has 0 saturated carbocycles. The molecule has 1 aromatic carbocycles. The number of anilines is 1. The molecule has 1 amide bonds. The van der Waals surface area contributed by atoms with Crippen molar-refractivity contribution in [2.45, 2.75) is 44.5 Å². The second-order valence-electron chi connectivity index (χ2n) is 8.42. The van der Waals surface area contributed by atoms with Crippen molar-refractivity contribution in [2.75, 3.05) is 11.9 Å². The van der Waals surface area contributed by atoms with Gasteiger partial charge in [-0.2, -0.15) is 13.2 Å². The van der Waals surface area contributed by atoms with E-state index in [-0.39, 0.29) is 29.9 Å². The van der Waals surface area contributed by atoms with Gasteiger partial charge in [-0.15, -0.1) is 0 Å². The fourth-order valence-electron chi connectivity index (χ4n) is 3.81. The molecule has 4 rings (SSSR count). The topological polar surface area (TPSA) is 133 Å². The summed E-state index contributed by atoms with van der Waals surface area (Å²) in [5.74, 6) is -3.49. The standard InChI is InChI=1S/C22H23FN4O3.C2HF3O2/c1-13-8-15(14-4-2-5-16(23)9-14)12-27-21(13)25-11-18(22(27)30)26-20(29)10-17-19(28)6-3-7-24-17;3-2(4,5)1(6)7/h2,4-5,8-9,11-12,17,19,24,28H,3,6-7,10H2,1H3,(H,26,29);(H,6,7)/t17-,19+;/m1./s1. The van der Waals surface area contributed by atoms with Crippen LogP contribution in [0.4, 0.5) is 23.2 Å². The van der Waals surface area contributed by atoms with Crippen LogP contribution in [0.15, 0.2) is 47.5 Å². The Bertz CT molecular complexity index is 1360. The number of amides is 1. The highest BCUT2D eigenvalue weighted by Gasteiger charge is 2.38. The van der Waals surface area contributed by atoms with Crippen LogP contribution < -0.4 is 16.2 Å². The van der Waals surface area contributed by atoms with Crippen molar-refractivity contribution < 1.29 is 37.4 Å². The molecule has 198 valence electrons. The third-order valence-electron chi connectivity index (χ3n) is 5.61. The van der Waals surface area contributed by atoms with Gasteiger partial charge in [0, 0.05) is 18.7 Å². The molecule has 0 bridgehead atoms. The summed E-state index contributed by atoms with van der Waals surface area (Å²) in [7, 11) is 0. The summed E-state index contributed by atoms with van der Waals surface area (Å²) in [5.41, 5.74) is 2.15. The third kappa shape index (κ3) is 7.11. The Morgan fingerprint density at radius 2 is 1.95 bits per heavy atom. The number of aliphatic hydroxyl groups excluding tert-OH is 1. The zero-order chi connectivity index (χ0) is 27.3. The number of halogens is 4. The number of carbonyl (C=O) groups is 2. The highest BCUT2D eigenvalue weighted by Crippen LogP contribution is 2.23. The van der Waals surface area contributed by atoms with Gasteiger partial charge in [-0.25, -0.2) is 14.2 Å². The molecule has 1 aliphatic rings. The van der Waals surface area contributed by atoms with Crippen molar-refractivity contribution in [1.82, 2.24) is 14.7 Å². The molecule has 37 heavy (non-hydrogen) atoms. The fourth-order valence-corrected chi connectivity index (χ4v) is 3.81. The molecular formula is C24H24F4N4O5. The molecule has 2 atom stereocenters. The van der Waals surface area contributed by atoms with E-state index in [9.17, 15) is 32.3 Å². The van der Waals surface area contributed by atoms with E-state index in [1.54, 1.807) is 18.3 Å². The summed E-state index contributed by atoms with van der Waals surface area (Å²) < 4.78 is 46.7. The number of hydrogen-bond acceptors (Lipinski definition) is 6. The van der Waals surface area contributed by atoms with Crippen LogP contribution in [0.1, 0.15) is 24.8 Å². The molecule has 2 aromatic heterocycles. The molecular weight excluding hydrogens is 500 g/mol. The third-order valence-corrected chi connectivity index (χ3v) is 5.61. The smallest absolute Gasteiger partial charge is 0.475 e. The number of aryl methyl sites for hydroxylation is 1.